The summed E-state index contributed by atoms with van der Waals surface area (Å²) < 4.78 is 10.3. The molecule has 0 saturated heterocycles. The van der Waals surface area contributed by atoms with Crippen LogP contribution in [0.2, 0.25) is 0 Å². The summed E-state index contributed by atoms with van der Waals surface area (Å²) in [5.41, 5.74) is 6.88. The fourth-order valence-electron chi connectivity index (χ4n) is 1.49. The first kappa shape index (κ1) is 9.27. The Kier molecular flexibility index (Phi) is 2.07. The maximum Gasteiger partial charge on any atom is 0.213 e. The second-order valence-electron chi connectivity index (χ2n) is 3.58. The van der Waals surface area contributed by atoms with Gasteiger partial charge < -0.3 is 15.2 Å². The molecule has 0 aliphatic heterocycles. The molecule has 1 fully saturated rings. The van der Waals surface area contributed by atoms with Gasteiger partial charge in [-0.15, -0.1) is 0 Å². The van der Waals surface area contributed by atoms with Crippen molar-refractivity contribution in [2.24, 2.45) is 5.73 Å². The molecule has 1 aliphatic rings. The maximum atomic E-state index is 6.10. The standard InChI is InChI=1S/C10H14N2O2/c1-13-8-6-12-9(14-2)5-7(8)10(11)3-4-10/h5-6H,3-4,11H2,1-2H3. The van der Waals surface area contributed by atoms with Crippen LogP contribution < -0.4 is 15.2 Å². The van der Waals surface area contributed by atoms with Crippen molar-refractivity contribution in [2.75, 3.05) is 14.2 Å². The summed E-state index contributed by atoms with van der Waals surface area (Å²) in [5, 5.41) is 0. The fraction of sp³-hybridized carbons (Fsp3) is 0.500. The molecule has 0 aromatic carbocycles. The molecule has 1 aromatic rings. The summed E-state index contributed by atoms with van der Waals surface area (Å²) >= 11 is 0. The Morgan fingerprint density at radius 2 is 2.07 bits per heavy atom. The van der Waals surface area contributed by atoms with Crippen molar-refractivity contribution < 1.29 is 9.47 Å². The van der Waals surface area contributed by atoms with Gasteiger partial charge in [-0.3, -0.25) is 0 Å². The van der Waals surface area contributed by atoms with Gasteiger partial charge in [0.05, 0.1) is 20.4 Å². The average Bonchev–Trinajstić information content (AvgIpc) is 2.97. The number of rotatable bonds is 3. The Labute approximate surface area is 83.0 Å². The largest absolute Gasteiger partial charge is 0.495 e. The van der Waals surface area contributed by atoms with Gasteiger partial charge in [-0.25, -0.2) is 4.98 Å². The highest BCUT2D eigenvalue weighted by Gasteiger charge is 2.42. The number of methoxy groups -OCH3 is 2. The monoisotopic (exact) mass is 194 g/mol. The highest BCUT2D eigenvalue weighted by atomic mass is 16.5. The molecule has 0 atom stereocenters. The van der Waals surface area contributed by atoms with E-state index in [1.807, 2.05) is 6.07 Å². The van der Waals surface area contributed by atoms with Crippen LogP contribution in [0.5, 0.6) is 11.6 Å². The first-order chi connectivity index (χ1) is 6.69. The minimum Gasteiger partial charge on any atom is -0.495 e. The molecule has 4 nitrogen and oxygen atoms in total. The van der Waals surface area contributed by atoms with E-state index in [4.69, 9.17) is 15.2 Å². The second kappa shape index (κ2) is 3.13. The Morgan fingerprint density at radius 3 is 2.57 bits per heavy atom. The van der Waals surface area contributed by atoms with E-state index >= 15 is 0 Å². The fourth-order valence-corrected chi connectivity index (χ4v) is 1.49. The van der Waals surface area contributed by atoms with Crippen molar-refractivity contribution in [3.63, 3.8) is 0 Å². The molecule has 76 valence electrons. The molecule has 0 amide bonds. The van der Waals surface area contributed by atoms with Crippen molar-refractivity contribution in [1.82, 2.24) is 4.98 Å². The van der Waals surface area contributed by atoms with Crippen molar-refractivity contribution in [1.29, 1.82) is 0 Å². The lowest BCUT2D eigenvalue weighted by Gasteiger charge is -2.14. The van der Waals surface area contributed by atoms with Gasteiger partial charge in [-0.1, -0.05) is 0 Å². The lowest BCUT2D eigenvalue weighted by Crippen LogP contribution is -2.19. The average molecular weight is 194 g/mol. The van der Waals surface area contributed by atoms with E-state index < -0.39 is 0 Å². The first-order valence-corrected chi connectivity index (χ1v) is 4.57. The van der Waals surface area contributed by atoms with E-state index in [0.717, 1.165) is 24.2 Å². The number of pyridine rings is 1. The highest BCUT2D eigenvalue weighted by molar-refractivity contribution is 5.43. The molecule has 1 heterocycles. The van der Waals surface area contributed by atoms with Crippen LogP contribution in [0.3, 0.4) is 0 Å². The molecule has 4 heteroatoms. The Hall–Kier alpha value is -1.29. The molecule has 2 rings (SSSR count). The molecule has 1 aliphatic carbocycles. The van der Waals surface area contributed by atoms with E-state index in [9.17, 15) is 0 Å². The van der Waals surface area contributed by atoms with Gasteiger partial charge in [0.25, 0.3) is 0 Å². The van der Waals surface area contributed by atoms with E-state index in [1.54, 1.807) is 20.4 Å². The van der Waals surface area contributed by atoms with Crippen LogP contribution in [-0.4, -0.2) is 19.2 Å². The minimum absolute atomic E-state index is 0.221. The van der Waals surface area contributed by atoms with E-state index in [2.05, 4.69) is 4.98 Å². The molecule has 0 radical (unpaired) electrons. The van der Waals surface area contributed by atoms with Crippen LogP contribution in [0.25, 0.3) is 0 Å². The van der Waals surface area contributed by atoms with Gasteiger partial charge in [0, 0.05) is 17.2 Å². The lowest BCUT2D eigenvalue weighted by molar-refractivity contribution is 0.380. The predicted molar refractivity (Wildman–Crippen MR) is 52.4 cm³/mol. The second-order valence-corrected chi connectivity index (χ2v) is 3.58. The van der Waals surface area contributed by atoms with E-state index in [-0.39, 0.29) is 5.54 Å². The summed E-state index contributed by atoms with van der Waals surface area (Å²) in [4.78, 5) is 4.07. The van der Waals surface area contributed by atoms with Crippen LogP contribution in [-0.2, 0) is 5.54 Å². The molecule has 1 saturated carbocycles. The molecule has 1 aromatic heterocycles. The summed E-state index contributed by atoms with van der Waals surface area (Å²) in [5.74, 6) is 1.32. The predicted octanol–water partition coefficient (Wildman–Crippen LogP) is 1.05. The molecule has 14 heavy (non-hydrogen) atoms. The third-order valence-corrected chi connectivity index (χ3v) is 2.60. The Morgan fingerprint density at radius 1 is 1.36 bits per heavy atom. The topological polar surface area (TPSA) is 57.4 Å². The van der Waals surface area contributed by atoms with Gasteiger partial charge in [0.2, 0.25) is 5.88 Å². The Balaban J connectivity index is 2.43. The van der Waals surface area contributed by atoms with E-state index in [1.165, 1.54) is 0 Å². The van der Waals surface area contributed by atoms with Gasteiger partial charge >= 0.3 is 0 Å². The molecule has 0 unspecified atom stereocenters. The number of hydrogen-bond donors (Lipinski definition) is 1. The smallest absolute Gasteiger partial charge is 0.213 e. The molecule has 0 spiro atoms. The van der Waals surface area contributed by atoms with Crippen LogP contribution in [0.4, 0.5) is 0 Å². The normalized spacial score (nSPS) is 17.6. The van der Waals surface area contributed by atoms with Gasteiger partial charge in [0.1, 0.15) is 5.75 Å². The van der Waals surface area contributed by atoms with Crippen molar-refractivity contribution >= 4 is 0 Å². The first-order valence-electron chi connectivity index (χ1n) is 4.57. The van der Waals surface area contributed by atoms with Crippen LogP contribution in [0.15, 0.2) is 12.3 Å². The zero-order valence-electron chi connectivity index (χ0n) is 8.41. The van der Waals surface area contributed by atoms with E-state index in [0.29, 0.717) is 5.88 Å². The van der Waals surface area contributed by atoms with Gasteiger partial charge in [-0.2, -0.15) is 0 Å². The Bertz CT molecular complexity index is 348. The molecule has 0 bridgehead atoms. The SMILES string of the molecule is COc1cc(C2(N)CC2)c(OC)cn1. The molecular weight excluding hydrogens is 180 g/mol. The number of hydrogen-bond acceptors (Lipinski definition) is 4. The third-order valence-electron chi connectivity index (χ3n) is 2.60. The van der Waals surface area contributed by atoms with Crippen LogP contribution >= 0.6 is 0 Å². The third kappa shape index (κ3) is 1.42. The lowest BCUT2D eigenvalue weighted by atomic mass is 10.1. The zero-order chi connectivity index (χ0) is 10.2. The number of aromatic nitrogens is 1. The highest BCUT2D eigenvalue weighted by Crippen LogP contribution is 2.46. The summed E-state index contributed by atoms with van der Waals surface area (Å²) in [6, 6.07) is 1.85. The van der Waals surface area contributed by atoms with Crippen molar-refractivity contribution in [3.8, 4) is 11.6 Å². The van der Waals surface area contributed by atoms with Crippen LogP contribution in [0, 0.1) is 0 Å². The number of ether oxygens (including phenoxy) is 2. The number of nitrogens with two attached hydrogens (primary N) is 1. The van der Waals surface area contributed by atoms with Gasteiger partial charge in [0.15, 0.2) is 0 Å². The summed E-state index contributed by atoms with van der Waals surface area (Å²) in [6.07, 6.45) is 3.65. The van der Waals surface area contributed by atoms with Crippen molar-refractivity contribution in [3.05, 3.63) is 17.8 Å². The zero-order valence-corrected chi connectivity index (χ0v) is 8.41. The quantitative estimate of drug-likeness (QED) is 0.781. The number of nitrogens with zero attached hydrogens (tertiary/aromatic N) is 1. The summed E-state index contributed by atoms with van der Waals surface area (Å²) in [7, 11) is 3.22. The minimum atomic E-state index is -0.221. The molecule has 2 N–H and O–H groups in total. The van der Waals surface area contributed by atoms with Gasteiger partial charge in [-0.05, 0) is 12.8 Å². The summed E-state index contributed by atoms with van der Waals surface area (Å²) in [6.45, 7) is 0. The van der Waals surface area contributed by atoms with Crippen LogP contribution in [0.1, 0.15) is 18.4 Å². The molecular formula is C10H14N2O2. The van der Waals surface area contributed by atoms with Crippen molar-refractivity contribution in [2.45, 2.75) is 18.4 Å². The maximum absolute atomic E-state index is 6.10.